The normalized spacial score (nSPS) is 15.8. The first-order valence-electron chi connectivity index (χ1n) is 5.91. The van der Waals surface area contributed by atoms with E-state index in [9.17, 15) is 0 Å². The molecule has 0 atom stereocenters. The van der Waals surface area contributed by atoms with Crippen molar-refractivity contribution in [3.63, 3.8) is 0 Å². The van der Waals surface area contributed by atoms with E-state index in [1.54, 1.807) is 4.68 Å². The fourth-order valence-electron chi connectivity index (χ4n) is 1.70. The van der Waals surface area contributed by atoms with Crippen molar-refractivity contribution in [2.45, 2.75) is 19.3 Å². The predicted octanol–water partition coefficient (Wildman–Crippen LogP) is 2.82. The highest BCUT2D eigenvalue weighted by molar-refractivity contribution is 9.10. The van der Waals surface area contributed by atoms with E-state index in [1.807, 2.05) is 19.4 Å². The molecule has 2 N–H and O–H groups in total. The number of nitrogens with zero attached hydrogens (tertiary/aromatic N) is 2. The van der Waals surface area contributed by atoms with Gasteiger partial charge in [-0.05, 0) is 34.7 Å². The van der Waals surface area contributed by atoms with Gasteiger partial charge < -0.3 is 5.32 Å². The molecule has 0 spiro atoms. The van der Waals surface area contributed by atoms with E-state index in [-0.39, 0.29) is 5.17 Å². The van der Waals surface area contributed by atoms with Crippen LogP contribution in [0.5, 0.6) is 0 Å². The summed E-state index contributed by atoms with van der Waals surface area (Å²) >= 11 is 9.22. The first-order chi connectivity index (χ1) is 8.56. The van der Waals surface area contributed by atoms with Crippen LogP contribution in [0.1, 0.15) is 18.4 Å². The van der Waals surface area contributed by atoms with Crippen molar-refractivity contribution < 1.29 is 0 Å². The molecule has 98 valence electrons. The van der Waals surface area contributed by atoms with Crippen LogP contribution in [0.2, 0.25) is 0 Å². The molecule has 4 nitrogen and oxygen atoms in total. The second kappa shape index (κ2) is 5.89. The van der Waals surface area contributed by atoms with Gasteiger partial charge in [-0.2, -0.15) is 5.10 Å². The lowest BCUT2D eigenvalue weighted by Crippen LogP contribution is -2.12. The Balaban J connectivity index is 2.00. The molecule has 6 heteroatoms. The Labute approximate surface area is 120 Å². The summed E-state index contributed by atoms with van der Waals surface area (Å²) < 4.78 is 2.54. The molecule has 1 saturated carbocycles. The summed E-state index contributed by atoms with van der Waals surface area (Å²) in [7, 11) is 1.87. The highest BCUT2D eigenvalue weighted by atomic mass is 79.9. The molecule has 1 fully saturated rings. The monoisotopic (exact) mass is 330 g/mol. The van der Waals surface area contributed by atoms with Gasteiger partial charge in [-0.15, -0.1) is 0 Å². The Morgan fingerprint density at radius 3 is 2.94 bits per heavy atom. The quantitative estimate of drug-likeness (QED) is 0.788. The largest absolute Gasteiger partial charge is 0.390 e. The van der Waals surface area contributed by atoms with Crippen LogP contribution in [0.3, 0.4) is 0 Å². The average molecular weight is 332 g/mol. The van der Waals surface area contributed by atoms with Crippen LogP contribution in [0.15, 0.2) is 22.6 Å². The fourth-order valence-corrected chi connectivity index (χ4v) is 2.31. The van der Waals surface area contributed by atoms with E-state index < -0.39 is 0 Å². The van der Waals surface area contributed by atoms with Crippen molar-refractivity contribution in [1.82, 2.24) is 15.1 Å². The van der Waals surface area contributed by atoms with Crippen LogP contribution in [-0.4, -0.2) is 21.5 Å². The lowest BCUT2D eigenvalue weighted by Gasteiger charge is -2.05. The van der Waals surface area contributed by atoms with Gasteiger partial charge in [0.2, 0.25) is 0 Å². The standard InChI is InChI=1S/C12H16BrClN4/c1-18-7-10(11(13)17-18)4-9(12(14)15)6-16-5-8-2-3-8/h6-8,15-16H,2-5H2,1H3/b9-6-,15-12?. The van der Waals surface area contributed by atoms with Gasteiger partial charge in [0, 0.05) is 43.5 Å². The molecule has 2 rings (SSSR count). The van der Waals surface area contributed by atoms with Gasteiger partial charge in [0.1, 0.15) is 9.77 Å². The molecule has 1 aliphatic rings. The van der Waals surface area contributed by atoms with Gasteiger partial charge in [-0.1, -0.05) is 11.6 Å². The van der Waals surface area contributed by atoms with Crippen LogP contribution >= 0.6 is 27.5 Å². The van der Waals surface area contributed by atoms with Crippen molar-refractivity contribution in [3.05, 3.63) is 28.1 Å². The zero-order valence-corrected chi connectivity index (χ0v) is 12.6. The highest BCUT2D eigenvalue weighted by Crippen LogP contribution is 2.27. The molecule has 0 radical (unpaired) electrons. The number of nitrogens with one attached hydrogen (secondary N) is 2. The highest BCUT2D eigenvalue weighted by Gasteiger charge is 2.20. The van der Waals surface area contributed by atoms with Gasteiger partial charge in [0.25, 0.3) is 0 Å². The Hall–Kier alpha value is -0.810. The van der Waals surface area contributed by atoms with E-state index in [0.717, 1.165) is 28.2 Å². The zero-order valence-electron chi connectivity index (χ0n) is 10.2. The maximum atomic E-state index is 7.59. The molecule has 1 aromatic rings. The van der Waals surface area contributed by atoms with Crippen molar-refractivity contribution in [2.75, 3.05) is 6.54 Å². The van der Waals surface area contributed by atoms with Crippen molar-refractivity contribution >= 4 is 32.7 Å². The first-order valence-corrected chi connectivity index (χ1v) is 7.08. The van der Waals surface area contributed by atoms with E-state index in [2.05, 4.69) is 26.3 Å². The van der Waals surface area contributed by atoms with Crippen LogP contribution in [0.4, 0.5) is 0 Å². The Morgan fingerprint density at radius 2 is 2.44 bits per heavy atom. The molecular weight excluding hydrogens is 316 g/mol. The molecule has 0 aromatic carbocycles. The van der Waals surface area contributed by atoms with Crippen LogP contribution in [0.25, 0.3) is 0 Å². The first kappa shape index (κ1) is 13.6. The topological polar surface area (TPSA) is 53.7 Å². The van der Waals surface area contributed by atoms with Gasteiger partial charge in [0.05, 0.1) is 0 Å². The number of allylic oxidation sites excluding steroid dienone is 1. The number of hydrogen-bond donors (Lipinski definition) is 2. The van der Waals surface area contributed by atoms with Crippen molar-refractivity contribution in [1.29, 1.82) is 5.41 Å². The SMILES string of the molecule is Cn1cc(C/C(=C/NCC2CC2)C(=N)Cl)c(Br)n1. The minimum atomic E-state index is 0.0778. The van der Waals surface area contributed by atoms with Gasteiger partial charge in [-0.3, -0.25) is 10.1 Å². The lowest BCUT2D eigenvalue weighted by molar-refractivity contribution is 0.744. The summed E-state index contributed by atoms with van der Waals surface area (Å²) in [5, 5.41) is 15.1. The Bertz CT molecular complexity index is 476. The van der Waals surface area contributed by atoms with Gasteiger partial charge in [0.15, 0.2) is 0 Å². The lowest BCUT2D eigenvalue weighted by atomic mass is 10.1. The summed E-state index contributed by atoms with van der Waals surface area (Å²) in [5.74, 6) is 0.803. The number of rotatable bonds is 6. The number of hydrogen-bond acceptors (Lipinski definition) is 3. The van der Waals surface area contributed by atoms with E-state index >= 15 is 0 Å². The minimum Gasteiger partial charge on any atom is -0.390 e. The Morgan fingerprint density at radius 1 is 1.72 bits per heavy atom. The molecule has 1 aromatic heterocycles. The smallest absolute Gasteiger partial charge is 0.131 e. The average Bonchev–Trinajstić information content (AvgIpc) is 3.04. The summed E-state index contributed by atoms with van der Waals surface area (Å²) in [4.78, 5) is 0. The summed E-state index contributed by atoms with van der Waals surface area (Å²) in [6.07, 6.45) is 7.01. The number of aromatic nitrogens is 2. The van der Waals surface area contributed by atoms with Crippen LogP contribution in [0, 0.1) is 11.3 Å². The predicted molar refractivity (Wildman–Crippen MR) is 77.0 cm³/mol. The molecule has 1 heterocycles. The second-order valence-electron chi connectivity index (χ2n) is 4.63. The third-order valence-electron chi connectivity index (χ3n) is 2.90. The summed E-state index contributed by atoms with van der Waals surface area (Å²) in [6, 6.07) is 0. The molecule has 0 amide bonds. The van der Waals surface area contributed by atoms with Gasteiger partial charge >= 0.3 is 0 Å². The van der Waals surface area contributed by atoms with Crippen LogP contribution in [-0.2, 0) is 13.5 Å². The fraction of sp³-hybridized carbons (Fsp3) is 0.500. The molecule has 0 bridgehead atoms. The van der Waals surface area contributed by atoms with E-state index in [4.69, 9.17) is 17.0 Å². The molecule has 0 saturated heterocycles. The minimum absolute atomic E-state index is 0.0778. The third-order valence-corrected chi connectivity index (χ3v) is 3.81. The maximum absolute atomic E-state index is 7.59. The number of aryl methyl sites for hydroxylation is 1. The molecule has 1 aliphatic carbocycles. The van der Waals surface area contributed by atoms with E-state index in [1.165, 1.54) is 12.8 Å². The number of halogens is 2. The Kier molecular flexibility index (Phi) is 4.45. The van der Waals surface area contributed by atoms with Gasteiger partial charge in [-0.25, -0.2) is 0 Å². The van der Waals surface area contributed by atoms with Crippen molar-refractivity contribution in [3.8, 4) is 0 Å². The zero-order chi connectivity index (χ0) is 13.1. The van der Waals surface area contributed by atoms with Crippen molar-refractivity contribution in [2.24, 2.45) is 13.0 Å². The maximum Gasteiger partial charge on any atom is 0.131 e. The summed E-state index contributed by atoms with van der Waals surface area (Å²) in [6.45, 7) is 0.974. The van der Waals surface area contributed by atoms with E-state index in [0.29, 0.717) is 6.42 Å². The van der Waals surface area contributed by atoms with Crippen LogP contribution < -0.4 is 5.32 Å². The second-order valence-corrected chi connectivity index (χ2v) is 5.76. The molecule has 0 unspecified atom stereocenters. The molecular formula is C12H16BrClN4. The molecule has 0 aliphatic heterocycles. The molecule has 18 heavy (non-hydrogen) atoms. The summed E-state index contributed by atoms with van der Waals surface area (Å²) in [5.41, 5.74) is 1.81. The third kappa shape index (κ3) is 3.85.